The Hall–Kier alpha value is -2.75. The van der Waals surface area contributed by atoms with E-state index in [1.54, 1.807) is 34.1 Å². The highest BCUT2D eigenvalue weighted by Gasteiger charge is 2.45. The molecule has 7 heteroatoms. The van der Waals surface area contributed by atoms with Crippen LogP contribution in [0, 0.1) is 11.3 Å². The highest BCUT2D eigenvalue weighted by molar-refractivity contribution is 5.95. The lowest BCUT2D eigenvalue weighted by Crippen LogP contribution is -2.54. The van der Waals surface area contributed by atoms with Crippen LogP contribution in [0.3, 0.4) is 0 Å². The number of urea groups is 1. The van der Waals surface area contributed by atoms with E-state index in [0.29, 0.717) is 38.0 Å². The standard InChI is InChI=1S/C19H24N4O3/c1-18(2,3)26-17(25)22-10-8-19(9-11-22)13-23(16(24)21-19)15-6-4-14(12-20)5-7-15/h4-7H,8-11,13H2,1-3H3,(H,21,24). The first-order valence-corrected chi connectivity index (χ1v) is 8.79. The van der Waals surface area contributed by atoms with E-state index in [-0.39, 0.29) is 17.7 Å². The number of anilines is 1. The average Bonchev–Trinajstić information content (AvgIpc) is 2.90. The zero-order chi connectivity index (χ0) is 18.9. The number of nitrogens with zero attached hydrogens (tertiary/aromatic N) is 3. The molecule has 2 aliphatic heterocycles. The van der Waals surface area contributed by atoms with Crippen LogP contribution < -0.4 is 10.2 Å². The molecule has 0 atom stereocenters. The molecule has 2 aliphatic rings. The number of carbonyl (C=O) groups excluding carboxylic acids is 2. The Morgan fingerprint density at radius 3 is 2.38 bits per heavy atom. The Balaban J connectivity index is 1.64. The van der Waals surface area contributed by atoms with Gasteiger partial charge < -0.3 is 15.0 Å². The molecule has 3 amide bonds. The Labute approximate surface area is 153 Å². The number of rotatable bonds is 1. The predicted octanol–water partition coefficient (Wildman–Crippen LogP) is 2.86. The zero-order valence-corrected chi connectivity index (χ0v) is 15.4. The van der Waals surface area contributed by atoms with E-state index in [1.807, 2.05) is 20.8 Å². The van der Waals surface area contributed by atoms with Gasteiger partial charge in [-0.1, -0.05) is 0 Å². The van der Waals surface area contributed by atoms with Crippen molar-refractivity contribution in [1.29, 1.82) is 5.26 Å². The van der Waals surface area contributed by atoms with Crippen LogP contribution in [-0.2, 0) is 4.74 Å². The molecule has 138 valence electrons. The SMILES string of the molecule is CC(C)(C)OC(=O)N1CCC2(CC1)CN(c1ccc(C#N)cc1)C(=O)N2. The van der Waals surface area contributed by atoms with Crippen molar-refractivity contribution in [3.63, 3.8) is 0 Å². The van der Waals surface area contributed by atoms with Gasteiger partial charge in [0.1, 0.15) is 5.60 Å². The number of nitriles is 1. The van der Waals surface area contributed by atoms with Crippen LogP contribution in [0.15, 0.2) is 24.3 Å². The third kappa shape index (κ3) is 3.74. The van der Waals surface area contributed by atoms with Crippen LogP contribution in [0.5, 0.6) is 0 Å². The minimum atomic E-state index is -0.514. The molecule has 2 saturated heterocycles. The number of ether oxygens (including phenoxy) is 1. The molecule has 2 heterocycles. The number of hydrogen-bond acceptors (Lipinski definition) is 4. The first-order valence-electron chi connectivity index (χ1n) is 8.79. The van der Waals surface area contributed by atoms with Gasteiger partial charge in [-0.15, -0.1) is 0 Å². The first kappa shape index (κ1) is 18.1. The van der Waals surface area contributed by atoms with E-state index in [2.05, 4.69) is 11.4 Å². The summed E-state index contributed by atoms with van der Waals surface area (Å²) in [5.74, 6) is 0. The maximum absolute atomic E-state index is 12.5. The highest BCUT2D eigenvalue weighted by atomic mass is 16.6. The second-order valence-corrected chi connectivity index (χ2v) is 7.92. The Morgan fingerprint density at radius 1 is 1.23 bits per heavy atom. The van der Waals surface area contributed by atoms with Gasteiger partial charge in [-0.05, 0) is 57.9 Å². The van der Waals surface area contributed by atoms with Crippen LogP contribution in [0.1, 0.15) is 39.2 Å². The molecule has 1 N–H and O–H groups in total. The summed E-state index contributed by atoms with van der Waals surface area (Å²) < 4.78 is 5.42. The molecule has 0 saturated carbocycles. The second-order valence-electron chi connectivity index (χ2n) is 7.92. The normalized spacial score (nSPS) is 19.2. The van der Waals surface area contributed by atoms with Gasteiger partial charge in [0.25, 0.3) is 0 Å². The molecule has 0 radical (unpaired) electrons. The number of amides is 3. The third-order valence-electron chi connectivity index (χ3n) is 4.76. The van der Waals surface area contributed by atoms with Gasteiger partial charge >= 0.3 is 12.1 Å². The van der Waals surface area contributed by atoms with E-state index in [1.165, 1.54) is 0 Å². The fourth-order valence-electron chi connectivity index (χ4n) is 3.36. The molecular formula is C19H24N4O3. The zero-order valence-electron chi connectivity index (χ0n) is 15.4. The van der Waals surface area contributed by atoms with Gasteiger partial charge in [-0.2, -0.15) is 5.26 Å². The number of benzene rings is 1. The minimum Gasteiger partial charge on any atom is -0.444 e. The lowest BCUT2D eigenvalue weighted by atomic mass is 9.88. The summed E-state index contributed by atoms with van der Waals surface area (Å²) in [7, 11) is 0. The van der Waals surface area contributed by atoms with Crippen molar-refractivity contribution in [2.75, 3.05) is 24.5 Å². The highest BCUT2D eigenvalue weighted by Crippen LogP contribution is 2.31. The van der Waals surface area contributed by atoms with Crippen molar-refractivity contribution in [2.45, 2.75) is 44.8 Å². The van der Waals surface area contributed by atoms with E-state index >= 15 is 0 Å². The first-order chi connectivity index (χ1) is 12.2. The quantitative estimate of drug-likeness (QED) is 0.838. The molecule has 3 rings (SSSR count). The van der Waals surface area contributed by atoms with E-state index < -0.39 is 5.60 Å². The number of nitrogens with one attached hydrogen (secondary N) is 1. The molecule has 0 aliphatic carbocycles. The van der Waals surface area contributed by atoms with Gasteiger partial charge in [0, 0.05) is 18.8 Å². The summed E-state index contributed by atoms with van der Waals surface area (Å²) in [6.07, 6.45) is 1.07. The van der Waals surface area contributed by atoms with Gasteiger partial charge in [-0.3, -0.25) is 4.90 Å². The van der Waals surface area contributed by atoms with Crippen LogP contribution in [0.4, 0.5) is 15.3 Å². The Morgan fingerprint density at radius 2 is 1.85 bits per heavy atom. The molecule has 0 bridgehead atoms. The molecule has 7 nitrogen and oxygen atoms in total. The Kier molecular flexibility index (Phi) is 4.53. The summed E-state index contributed by atoms with van der Waals surface area (Å²) in [6, 6.07) is 8.92. The van der Waals surface area contributed by atoms with Crippen LogP contribution in [0.2, 0.25) is 0 Å². The van der Waals surface area contributed by atoms with Crippen molar-refractivity contribution in [1.82, 2.24) is 10.2 Å². The molecule has 2 fully saturated rings. The number of hydrogen-bond donors (Lipinski definition) is 1. The van der Waals surface area contributed by atoms with Gasteiger partial charge in [0.15, 0.2) is 0 Å². The number of piperidine rings is 1. The smallest absolute Gasteiger partial charge is 0.410 e. The summed E-state index contributed by atoms with van der Waals surface area (Å²) in [4.78, 5) is 28.1. The largest absolute Gasteiger partial charge is 0.444 e. The van der Waals surface area contributed by atoms with E-state index in [9.17, 15) is 9.59 Å². The molecule has 1 aromatic carbocycles. The summed E-state index contributed by atoms with van der Waals surface area (Å²) >= 11 is 0. The summed E-state index contributed by atoms with van der Waals surface area (Å²) in [5, 5.41) is 12.0. The summed E-state index contributed by atoms with van der Waals surface area (Å²) in [5.41, 5.74) is 0.491. The van der Waals surface area contributed by atoms with Gasteiger partial charge in [-0.25, -0.2) is 9.59 Å². The number of likely N-dealkylation sites (tertiary alicyclic amines) is 1. The van der Waals surface area contributed by atoms with E-state index in [4.69, 9.17) is 10.00 Å². The molecule has 0 unspecified atom stereocenters. The van der Waals surface area contributed by atoms with E-state index in [0.717, 1.165) is 5.69 Å². The lowest BCUT2D eigenvalue weighted by Gasteiger charge is -2.39. The maximum Gasteiger partial charge on any atom is 0.410 e. The molecular weight excluding hydrogens is 332 g/mol. The molecule has 1 spiro atoms. The lowest BCUT2D eigenvalue weighted by molar-refractivity contribution is 0.0167. The fraction of sp³-hybridized carbons (Fsp3) is 0.526. The third-order valence-corrected chi connectivity index (χ3v) is 4.76. The van der Waals surface area contributed by atoms with Gasteiger partial charge in [0.2, 0.25) is 0 Å². The Bertz CT molecular complexity index is 738. The monoisotopic (exact) mass is 356 g/mol. The maximum atomic E-state index is 12.5. The second kappa shape index (κ2) is 6.52. The molecule has 0 aromatic heterocycles. The van der Waals surface area contributed by atoms with Crippen molar-refractivity contribution >= 4 is 17.8 Å². The van der Waals surface area contributed by atoms with Crippen LogP contribution in [-0.4, -0.2) is 47.8 Å². The van der Waals surface area contributed by atoms with Crippen molar-refractivity contribution in [3.05, 3.63) is 29.8 Å². The molecule has 26 heavy (non-hydrogen) atoms. The van der Waals surface area contributed by atoms with Crippen molar-refractivity contribution in [3.8, 4) is 6.07 Å². The molecule has 1 aromatic rings. The average molecular weight is 356 g/mol. The number of carbonyl (C=O) groups is 2. The summed E-state index contributed by atoms with van der Waals surface area (Å²) in [6.45, 7) is 7.21. The fourth-order valence-corrected chi connectivity index (χ4v) is 3.36. The van der Waals surface area contributed by atoms with Crippen LogP contribution in [0.25, 0.3) is 0 Å². The van der Waals surface area contributed by atoms with Crippen LogP contribution >= 0.6 is 0 Å². The van der Waals surface area contributed by atoms with Crippen molar-refractivity contribution < 1.29 is 14.3 Å². The van der Waals surface area contributed by atoms with Crippen molar-refractivity contribution in [2.24, 2.45) is 0 Å². The topological polar surface area (TPSA) is 85.7 Å². The minimum absolute atomic E-state index is 0.138. The predicted molar refractivity (Wildman–Crippen MR) is 96.8 cm³/mol. The van der Waals surface area contributed by atoms with Gasteiger partial charge in [0.05, 0.1) is 23.7 Å².